The first-order chi connectivity index (χ1) is 13.6. The van der Waals surface area contributed by atoms with E-state index in [1.54, 1.807) is 48.4 Å². The minimum absolute atomic E-state index is 0.0858. The lowest BCUT2D eigenvalue weighted by atomic mass is 9.89. The zero-order valence-corrected chi connectivity index (χ0v) is 16.3. The van der Waals surface area contributed by atoms with Crippen LogP contribution in [0.5, 0.6) is 5.75 Å². The van der Waals surface area contributed by atoms with Crippen molar-refractivity contribution in [3.63, 3.8) is 0 Å². The molecule has 1 fully saturated rings. The Bertz CT molecular complexity index is 1020. The number of halogens is 1. The van der Waals surface area contributed by atoms with E-state index in [1.807, 2.05) is 6.07 Å². The van der Waals surface area contributed by atoms with Gasteiger partial charge in [0, 0.05) is 34.7 Å². The normalized spacial score (nSPS) is 15.0. The Kier molecular flexibility index (Phi) is 5.13. The van der Waals surface area contributed by atoms with Gasteiger partial charge in [-0.2, -0.15) is 0 Å². The van der Waals surface area contributed by atoms with E-state index in [0.29, 0.717) is 41.8 Å². The fourth-order valence-electron chi connectivity index (χ4n) is 3.62. The predicted molar refractivity (Wildman–Crippen MR) is 108 cm³/mol. The van der Waals surface area contributed by atoms with Crippen molar-refractivity contribution in [3.05, 3.63) is 64.8 Å². The molecule has 6 heteroatoms. The van der Waals surface area contributed by atoms with Crippen molar-refractivity contribution < 1.29 is 18.7 Å². The van der Waals surface area contributed by atoms with E-state index < -0.39 is 0 Å². The van der Waals surface area contributed by atoms with E-state index in [2.05, 4.69) is 0 Å². The number of ether oxygens (including phenoxy) is 1. The van der Waals surface area contributed by atoms with Crippen LogP contribution in [0, 0.1) is 11.7 Å². The van der Waals surface area contributed by atoms with Gasteiger partial charge in [0.1, 0.15) is 11.6 Å². The van der Waals surface area contributed by atoms with Crippen LogP contribution in [0.1, 0.15) is 32.9 Å². The average Bonchev–Trinajstić information content (AvgIpc) is 3.19. The summed E-state index contributed by atoms with van der Waals surface area (Å²) < 4.78 is 19.8. The lowest BCUT2D eigenvalue weighted by Gasteiger charge is -2.31. The largest absolute Gasteiger partial charge is 0.497 e. The fourth-order valence-corrected chi connectivity index (χ4v) is 4.67. The first-order valence-corrected chi connectivity index (χ1v) is 10.0. The van der Waals surface area contributed by atoms with Crippen molar-refractivity contribution in [3.8, 4) is 5.75 Å². The SMILES string of the molecule is COc1ccc(C(=O)C2CCN(C(=O)c3cc4c(F)cccc4s3)CC2)cc1. The molecular formula is C22H20FNO3S. The molecular weight excluding hydrogens is 377 g/mol. The van der Waals surface area contributed by atoms with Crippen LogP contribution in [0.25, 0.3) is 10.1 Å². The van der Waals surface area contributed by atoms with Crippen molar-refractivity contribution in [2.24, 2.45) is 5.92 Å². The number of carbonyl (C=O) groups is 2. The number of ketones is 1. The second kappa shape index (κ2) is 7.72. The Morgan fingerprint density at radius 2 is 1.82 bits per heavy atom. The van der Waals surface area contributed by atoms with Gasteiger partial charge >= 0.3 is 0 Å². The van der Waals surface area contributed by atoms with Crippen molar-refractivity contribution in [1.82, 2.24) is 4.90 Å². The van der Waals surface area contributed by atoms with Crippen LogP contribution in [-0.4, -0.2) is 36.8 Å². The summed E-state index contributed by atoms with van der Waals surface area (Å²) in [6.07, 6.45) is 1.27. The quantitative estimate of drug-likeness (QED) is 0.595. The summed E-state index contributed by atoms with van der Waals surface area (Å²) in [5, 5.41) is 0.486. The molecule has 0 aliphatic carbocycles. The van der Waals surface area contributed by atoms with Gasteiger partial charge < -0.3 is 9.64 Å². The first-order valence-electron chi connectivity index (χ1n) is 9.22. The number of rotatable bonds is 4. The van der Waals surface area contributed by atoms with E-state index in [4.69, 9.17) is 4.74 Å². The van der Waals surface area contributed by atoms with Gasteiger partial charge in [0.2, 0.25) is 0 Å². The highest BCUT2D eigenvalue weighted by molar-refractivity contribution is 7.20. The molecule has 0 atom stereocenters. The first kappa shape index (κ1) is 18.6. The number of thiophene rings is 1. The molecule has 0 unspecified atom stereocenters. The van der Waals surface area contributed by atoms with Gasteiger partial charge in [0.05, 0.1) is 12.0 Å². The standard InChI is InChI=1S/C22H20FNO3S/c1-27-16-7-5-14(6-8-16)21(25)15-9-11-24(12-10-15)22(26)20-13-17-18(23)3-2-4-19(17)28-20/h2-8,13,15H,9-12H2,1H3. The molecule has 0 bridgehead atoms. The summed E-state index contributed by atoms with van der Waals surface area (Å²) in [6.45, 7) is 1.06. The molecule has 1 saturated heterocycles. The lowest BCUT2D eigenvalue weighted by molar-refractivity contribution is 0.0654. The Hall–Kier alpha value is -2.73. The lowest BCUT2D eigenvalue weighted by Crippen LogP contribution is -2.40. The molecule has 1 aromatic heterocycles. The minimum Gasteiger partial charge on any atom is -0.497 e. The topological polar surface area (TPSA) is 46.6 Å². The maximum Gasteiger partial charge on any atom is 0.263 e. The monoisotopic (exact) mass is 397 g/mol. The van der Waals surface area contributed by atoms with Crippen molar-refractivity contribution >= 4 is 33.1 Å². The summed E-state index contributed by atoms with van der Waals surface area (Å²) in [7, 11) is 1.59. The second-order valence-corrected chi connectivity index (χ2v) is 8.01. The molecule has 0 spiro atoms. The maximum atomic E-state index is 13.9. The number of nitrogens with zero attached hydrogens (tertiary/aromatic N) is 1. The highest BCUT2D eigenvalue weighted by Gasteiger charge is 2.29. The van der Waals surface area contributed by atoms with E-state index in [9.17, 15) is 14.0 Å². The summed E-state index contributed by atoms with van der Waals surface area (Å²) in [5.74, 6) is 0.347. The molecule has 0 radical (unpaired) electrons. The number of Topliss-reactive ketones (excluding diaryl/α,β-unsaturated/α-hetero) is 1. The van der Waals surface area contributed by atoms with Crippen LogP contribution in [-0.2, 0) is 0 Å². The van der Waals surface area contributed by atoms with Crippen LogP contribution in [0.15, 0.2) is 48.5 Å². The van der Waals surface area contributed by atoms with Crippen molar-refractivity contribution in [1.29, 1.82) is 0 Å². The van der Waals surface area contributed by atoms with E-state index in [-0.39, 0.29) is 23.4 Å². The Balaban J connectivity index is 1.42. The van der Waals surface area contributed by atoms with Gasteiger partial charge in [0.15, 0.2) is 5.78 Å². The van der Waals surface area contributed by atoms with Gasteiger partial charge in [-0.1, -0.05) is 6.07 Å². The molecule has 144 valence electrons. The molecule has 4 rings (SSSR count). The minimum atomic E-state index is -0.309. The molecule has 2 aromatic carbocycles. The summed E-state index contributed by atoms with van der Waals surface area (Å²) in [6, 6.07) is 13.6. The van der Waals surface area contributed by atoms with Crippen LogP contribution in [0.3, 0.4) is 0 Å². The number of piperidine rings is 1. The van der Waals surface area contributed by atoms with Gasteiger partial charge in [-0.05, 0) is 55.3 Å². The maximum absolute atomic E-state index is 13.9. The molecule has 0 saturated carbocycles. The zero-order chi connectivity index (χ0) is 19.7. The number of fused-ring (bicyclic) bond motifs is 1. The molecule has 2 heterocycles. The third-order valence-electron chi connectivity index (χ3n) is 5.25. The Labute approximate surface area is 166 Å². The van der Waals surface area contributed by atoms with E-state index >= 15 is 0 Å². The molecule has 28 heavy (non-hydrogen) atoms. The van der Waals surface area contributed by atoms with E-state index in [0.717, 1.165) is 10.4 Å². The summed E-state index contributed by atoms with van der Waals surface area (Å²) in [5.41, 5.74) is 0.672. The number of likely N-dealkylation sites (tertiary alicyclic amines) is 1. The van der Waals surface area contributed by atoms with Gasteiger partial charge in [-0.15, -0.1) is 11.3 Å². The van der Waals surface area contributed by atoms with Crippen LogP contribution < -0.4 is 4.74 Å². The zero-order valence-electron chi connectivity index (χ0n) is 15.5. The number of amides is 1. The number of hydrogen-bond acceptors (Lipinski definition) is 4. The highest BCUT2D eigenvalue weighted by Crippen LogP contribution is 2.30. The molecule has 1 aliphatic rings. The van der Waals surface area contributed by atoms with Crippen LogP contribution in [0.2, 0.25) is 0 Å². The number of methoxy groups -OCH3 is 1. The molecule has 3 aromatic rings. The molecule has 0 N–H and O–H groups in total. The third kappa shape index (κ3) is 3.52. The molecule has 1 amide bonds. The van der Waals surface area contributed by atoms with Crippen molar-refractivity contribution in [2.75, 3.05) is 20.2 Å². The Morgan fingerprint density at radius 1 is 1.11 bits per heavy atom. The smallest absolute Gasteiger partial charge is 0.263 e. The average molecular weight is 397 g/mol. The number of benzene rings is 2. The van der Waals surface area contributed by atoms with Crippen LogP contribution in [0.4, 0.5) is 4.39 Å². The summed E-state index contributed by atoms with van der Waals surface area (Å²) in [4.78, 5) is 27.8. The van der Waals surface area contributed by atoms with Gasteiger partial charge in [-0.3, -0.25) is 9.59 Å². The molecule has 1 aliphatic heterocycles. The number of carbonyl (C=O) groups excluding carboxylic acids is 2. The number of hydrogen-bond donors (Lipinski definition) is 0. The Morgan fingerprint density at radius 3 is 2.46 bits per heavy atom. The third-order valence-corrected chi connectivity index (χ3v) is 6.33. The highest BCUT2D eigenvalue weighted by atomic mass is 32.1. The van der Waals surface area contributed by atoms with E-state index in [1.165, 1.54) is 17.4 Å². The van der Waals surface area contributed by atoms with Gasteiger partial charge in [0.25, 0.3) is 5.91 Å². The fraction of sp³-hybridized carbons (Fsp3) is 0.273. The van der Waals surface area contributed by atoms with Crippen LogP contribution >= 0.6 is 11.3 Å². The molecule has 4 nitrogen and oxygen atoms in total. The predicted octanol–water partition coefficient (Wildman–Crippen LogP) is 4.78. The van der Waals surface area contributed by atoms with Crippen molar-refractivity contribution in [2.45, 2.75) is 12.8 Å². The van der Waals surface area contributed by atoms with Gasteiger partial charge in [-0.25, -0.2) is 4.39 Å². The second-order valence-electron chi connectivity index (χ2n) is 6.92. The summed E-state index contributed by atoms with van der Waals surface area (Å²) >= 11 is 1.31.